The summed E-state index contributed by atoms with van der Waals surface area (Å²) in [4.78, 5) is 14.8. The number of hydrogen-bond acceptors (Lipinski definition) is 4. The Hall–Kier alpha value is -3.42. The van der Waals surface area contributed by atoms with Crippen molar-refractivity contribution < 1.29 is 22.3 Å². The second-order valence-corrected chi connectivity index (χ2v) is 10.3. The second kappa shape index (κ2) is 9.83. The summed E-state index contributed by atoms with van der Waals surface area (Å²) >= 11 is 6.00. The third-order valence-corrected chi connectivity index (χ3v) is 6.94. The summed E-state index contributed by atoms with van der Waals surface area (Å²) < 4.78 is 44.8. The monoisotopic (exact) mass is 497 g/mol. The molecule has 5 nitrogen and oxygen atoms in total. The van der Waals surface area contributed by atoms with Crippen LogP contribution in [0.2, 0.25) is 5.02 Å². The third-order valence-electron chi connectivity index (χ3n) is 5.58. The summed E-state index contributed by atoms with van der Waals surface area (Å²) in [6.45, 7) is 0.290. The number of sulfone groups is 1. The number of nitrogens with one attached hydrogen (secondary N) is 1. The van der Waals surface area contributed by atoms with Gasteiger partial charge in [0, 0.05) is 23.2 Å². The maximum absolute atomic E-state index is 15.0. The molecule has 0 aliphatic carbocycles. The fraction of sp³-hybridized carbons (Fsp3) is 0.115. The number of ether oxygens (including phenoxy) is 1. The van der Waals surface area contributed by atoms with Crippen LogP contribution in [0.25, 0.3) is 11.3 Å². The molecule has 0 spiro atoms. The van der Waals surface area contributed by atoms with Crippen LogP contribution in [0.3, 0.4) is 0 Å². The number of rotatable bonds is 8. The summed E-state index contributed by atoms with van der Waals surface area (Å²) in [5.41, 5.74) is 3.03. The van der Waals surface area contributed by atoms with Crippen molar-refractivity contribution in [2.45, 2.75) is 16.9 Å². The Kier molecular flexibility index (Phi) is 6.86. The zero-order chi connectivity index (χ0) is 24.3. The predicted octanol–water partition coefficient (Wildman–Crippen LogP) is 5.92. The van der Waals surface area contributed by atoms with Crippen LogP contribution in [-0.2, 0) is 19.4 Å². The quantitative estimate of drug-likeness (QED) is 0.306. The van der Waals surface area contributed by atoms with Gasteiger partial charge in [-0.25, -0.2) is 12.8 Å². The van der Waals surface area contributed by atoms with Gasteiger partial charge in [0.25, 0.3) is 6.47 Å². The Bertz CT molecular complexity index is 1420. The molecule has 0 saturated carbocycles. The van der Waals surface area contributed by atoms with E-state index < -0.39 is 27.7 Å². The molecule has 0 bridgehead atoms. The third kappa shape index (κ3) is 5.05. The standard InChI is InChI=1S/C26H21ClFNO4S/c1-34(31,32)21-6-4-5-18(13-21)26(33-16-30)25(22-7-2-3-8-23(22)28)19-14-24(29-15-19)17-9-11-20(27)12-10-17/h2-16,25-26,29H,1H3. The fourth-order valence-corrected chi connectivity index (χ4v) is 4.77. The SMILES string of the molecule is CS(=O)(=O)c1cccc(C(OC=O)C(c2c[nH]c(-c3ccc(Cl)cc3)c2)c2ccccc2F)c1. The minimum atomic E-state index is -3.51. The van der Waals surface area contributed by atoms with Gasteiger partial charge in [-0.05, 0) is 58.7 Å². The number of aromatic amines is 1. The minimum absolute atomic E-state index is 0.0766. The molecule has 0 saturated heterocycles. The van der Waals surface area contributed by atoms with E-state index in [1.807, 2.05) is 18.2 Å². The van der Waals surface area contributed by atoms with Gasteiger partial charge in [0.2, 0.25) is 0 Å². The van der Waals surface area contributed by atoms with E-state index in [4.69, 9.17) is 16.3 Å². The molecular formula is C26H21ClFNO4S. The second-order valence-electron chi connectivity index (χ2n) is 7.85. The average molecular weight is 498 g/mol. The maximum atomic E-state index is 15.0. The van der Waals surface area contributed by atoms with Gasteiger partial charge in [-0.1, -0.05) is 54.1 Å². The van der Waals surface area contributed by atoms with Gasteiger partial charge in [-0.15, -0.1) is 0 Å². The first-order chi connectivity index (χ1) is 16.3. The molecule has 34 heavy (non-hydrogen) atoms. The number of hydrogen-bond donors (Lipinski definition) is 1. The highest BCUT2D eigenvalue weighted by atomic mass is 35.5. The summed E-state index contributed by atoms with van der Waals surface area (Å²) in [6, 6.07) is 21.4. The van der Waals surface area contributed by atoms with E-state index in [-0.39, 0.29) is 4.90 Å². The minimum Gasteiger partial charge on any atom is -0.459 e. The van der Waals surface area contributed by atoms with Crippen molar-refractivity contribution in [2.75, 3.05) is 6.26 Å². The van der Waals surface area contributed by atoms with Gasteiger partial charge in [-0.3, -0.25) is 4.79 Å². The molecule has 1 aromatic heterocycles. The first-order valence-electron chi connectivity index (χ1n) is 10.4. The van der Waals surface area contributed by atoms with Gasteiger partial charge >= 0.3 is 0 Å². The number of carbonyl (C=O) groups is 1. The van der Waals surface area contributed by atoms with E-state index in [0.29, 0.717) is 28.2 Å². The number of aromatic nitrogens is 1. The number of H-pyrrole nitrogens is 1. The Morgan fingerprint density at radius 1 is 0.971 bits per heavy atom. The highest BCUT2D eigenvalue weighted by molar-refractivity contribution is 7.90. The van der Waals surface area contributed by atoms with E-state index in [9.17, 15) is 13.2 Å². The van der Waals surface area contributed by atoms with Crippen molar-refractivity contribution in [3.8, 4) is 11.3 Å². The van der Waals surface area contributed by atoms with E-state index in [0.717, 1.165) is 17.5 Å². The molecule has 1 heterocycles. The highest BCUT2D eigenvalue weighted by Crippen LogP contribution is 2.41. The number of carbonyl (C=O) groups excluding carboxylic acids is 1. The van der Waals surface area contributed by atoms with Crippen LogP contribution in [0.15, 0.2) is 90.0 Å². The number of benzene rings is 3. The highest BCUT2D eigenvalue weighted by Gasteiger charge is 2.31. The van der Waals surface area contributed by atoms with Crippen LogP contribution in [0.5, 0.6) is 0 Å². The lowest BCUT2D eigenvalue weighted by atomic mass is 9.84. The molecule has 3 aromatic carbocycles. The van der Waals surface area contributed by atoms with Gasteiger partial charge in [0.1, 0.15) is 11.9 Å². The summed E-state index contributed by atoms with van der Waals surface area (Å²) in [5.74, 6) is -1.22. The van der Waals surface area contributed by atoms with E-state index in [1.54, 1.807) is 48.7 Å². The van der Waals surface area contributed by atoms with E-state index >= 15 is 4.39 Å². The summed E-state index contributed by atoms with van der Waals surface area (Å²) in [7, 11) is -3.51. The van der Waals surface area contributed by atoms with Crippen molar-refractivity contribution in [3.05, 3.63) is 113 Å². The van der Waals surface area contributed by atoms with E-state index in [2.05, 4.69) is 4.98 Å². The van der Waals surface area contributed by atoms with Crippen molar-refractivity contribution in [1.29, 1.82) is 0 Å². The van der Waals surface area contributed by atoms with Crippen molar-refractivity contribution in [2.24, 2.45) is 0 Å². The average Bonchev–Trinajstić information content (AvgIpc) is 3.30. The van der Waals surface area contributed by atoms with Crippen LogP contribution in [0.1, 0.15) is 28.7 Å². The van der Waals surface area contributed by atoms with E-state index in [1.165, 1.54) is 18.2 Å². The van der Waals surface area contributed by atoms with Gasteiger partial charge in [0.15, 0.2) is 9.84 Å². The largest absolute Gasteiger partial charge is 0.459 e. The smallest absolute Gasteiger partial charge is 0.293 e. The van der Waals surface area contributed by atoms with Gasteiger partial charge < -0.3 is 9.72 Å². The molecule has 2 atom stereocenters. The van der Waals surface area contributed by atoms with Crippen LogP contribution < -0.4 is 0 Å². The molecule has 0 aliphatic heterocycles. The molecule has 1 N–H and O–H groups in total. The molecule has 4 rings (SSSR count). The zero-order valence-corrected chi connectivity index (χ0v) is 19.7. The number of halogens is 2. The molecule has 174 valence electrons. The van der Waals surface area contributed by atoms with Crippen molar-refractivity contribution >= 4 is 27.9 Å². The molecule has 0 aliphatic rings. The van der Waals surface area contributed by atoms with Crippen molar-refractivity contribution in [1.82, 2.24) is 4.98 Å². The Labute approximate surface area is 202 Å². The van der Waals surface area contributed by atoms with Crippen LogP contribution >= 0.6 is 11.6 Å². The molecule has 0 fully saturated rings. The summed E-state index contributed by atoms with van der Waals surface area (Å²) in [5, 5.41) is 0.602. The molecule has 0 radical (unpaired) electrons. The maximum Gasteiger partial charge on any atom is 0.293 e. The molecule has 0 amide bonds. The summed E-state index contributed by atoms with van der Waals surface area (Å²) in [6.07, 6.45) is 1.84. The molecule has 4 aromatic rings. The lowest BCUT2D eigenvalue weighted by Crippen LogP contribution is -2.17. The first kappa shape index (κ1) is 23.7. The van der Waals surface area contributed by atoms with Gasteiger partial charge in [-0.2, -0.15) is 0 Å². The molecule has 2 unspecified atom stereocenters. The van der Waals surface area contributed by atoms with Crippen LogP contribution in [0.4, 0.5) is 4.39 Å². The zero-order valence-electron chi connectivity index (χ0n) is 18.1. The normalized spacial score (nSPS) is 13.3. The Morgan fingerprint density at radius 3 is 2.38 bits per heavy atom. The lowest BCUT2D eigenvalue weighted by Gasteiger charge is -2.27. The van der Waals surface area contributed by atoms with Crippen LogP contribution in [0, 0.1) is 5.82 Å². The lowest BCUT2D eigenvalue weighted by molar-refractivity contribution is -0.134. The fourth-order valence-electron chi connectivity index (χ4n) is 3.96. The van der Waals surface area contributed by atoms with Crippen LogP contribution in [-0.4, -0.2) is 26.1 Å². The van der Waals surface area contributed by atoms with Crippen molar-refractivity contribution in [3.63, 3.8) is 0 Å². The topological polar surface area (TPSA) is 76.2 Å². The molecule has 8 heteroatoms. The Morgan fingerprint density at radius 2 is 1.71 bits per heavy atom. The Balaban J connectivity index is 1.87. The molecular weight excluding hydrogens is 477 g/mol. The first-order valence-corrected chi connectivity index (χ1v) is 12.6. The predicted molar refractivity (Wildman–Crippen MR) is 129 cm³/mol. The van der Waals surface area contributed by atoms with Gasteiger partial charge in [0.05, 0.1) is 10.8 Å².